The van der Waals surface area contributed by atoms with Crippen LogP contribution in [0, 0.1) is 18.3 Å². The van der Waals surface area contributed by atoms with Crippen LogP contribution in [-0.2, 0) is 12.8 Å². The first-order chi connectivity index (χ1) is 5.27. The maximum atomic E-state index is 8.38. The van der Waals surface area contributed by atoms with E-state index in [4.69, 9.17) is 5.26 Å². The van der Waals surface area contributed by atoms with Crippen LogP contribution in [0.5, 0.6) is 0 Å². The van der Waals surface area contributed by atoms with Crippen LogP contribution in [0.3, 0.4) is 0 Å². The number of rotatable bonds is 2. The van der Waals surface area contributed by atoms with Crippen LogP contribution in [-0.4, -0.2) is 9.97 Å². The predicted octanol–water partition coefficient (Wildman–Crippen LogP) is 1.35. The maximum Gasteiger partial charge on any atom is 0.120 e. The van der Waals surface area contributed by atoms with Crippen molar-refractivity contribution in [2.45, 2.75) is 26.7 Å². The monoisotopic (exact) mass is 149 g/mol. The molecule has 0 fully saturated rings. The Hall–Kier alpha value is -1.30. The van der Waals surface area contributed by atoms with Crippen molar-refractivity contribution in [1.82, 2.24) is 9.97 Å². The molecule has 0 amide bonds. The second kappa shape index (κ2) is 3.20. The van der Waals surface area contributed by atoms with E-state index in [9.17, 15) is 0 Å². The molecular formula is C8H11N3. The van der Waals surface area contributed by atoms with Crippen LogP contribution < -0.4 is 0 Å². The highest BCUT2D eigenvalue weighted by molar-refractivity contribution is 5.14. The van der Waals surface area contributed by atoms with Crippen LogP contribution in [0.25, 0.3) is 0 Å². The molecule has 1 rings (SSSR count). The predicted molar refractivity (Wildman–Crippen MR) is 42.0 cm³/mol. The Kier molecular flexibility index (Phi) is 2.27. The molecule has 58 valence electrons. The van der Waals surface area contributed by atoms with Crippen LogP contribution in [0.1, 0.15) is 24.1 Å². The van der Waals surface area contributed by atoms with Gasteiger partial charge in [0.25, 0.3) is 0 Å². The van der Waals surface area contributed by atoms with Crippen molar-refractivity contribution < 1.29 is 0 Å². The average molecular weight is 149 g/mol. The molecule has 0 radical (unpaired) electrons. The van der Waals surface area contributed by atoms with E-state index >= 15 is 0 Å². The lowest BCUT2D eigenvalue weighted by Gasteiger charge is -1.86. The number of imidazole rings is 1. The lowest BCUT2D eigenvalue weighted by Crippen LogP contribution is -1.84. The quantitative estimate of drug-likeness (QED) is 0.690. The number of hydrogen-bond donors (Lipinski definition) is 1. The highest BCUT2D eigenvalue weighted by Crippen LogP contribution is 2.05. The summed E-state index contributed by atoms with van der Waals surface area (Å²) in [6.07, 6.45) is 1.30. The van der Waals surface area contributed by atoms with E-state index < -0.39 is 0 Å². The summed E-state index contributed by atoms with van der Waals surface area (Å²) in [4.78, 5) is 7.30. The van der Waals surface area contributed by atoms with Crippen LogP contribution in [0.4, 0.5) is 0 Å². The number of nitriles is 1. The topological polar surface area (TPSA) is 52.5 Å². The van der Waals surface area contributed by atoms with Gasteiger partial charge in [-0.15, -0.1) is 0 Å². The van der Waals surface area contributed by atoms with Gasteiger partial charge in [-0.25, -0.2) is 4.98 Å². The molecule has 3 nitrogen and oxygen atoms in total. The van der Waals surface area contributed by atoms with Crippen LogP contribution >= 0.6 is 0 Å². The standard InChI is InChI=1S/C8H11N3/c1-3-7-6(2)10-8(11-7)4-5-9/h3-4H2,1-2H3,(H,10,11). The Labute approximate surface area is 66.1 Å². The molecular weight excluding hydrogens is 138 g/mol. The fourth-order valence-corrected chi connectivity index (χ4v) is 1.07. The molecule has 0 aliphatic carbocycles. The Balaban J connectivity index is 2.88. The molecule has 1 N–H and O–H groups in total. The number of nitrogens with one attached hydrogen (secondary N) is 1. The number of aromatic nitrogens is 2. The van der Waals surface area contributed by atoms with Gasteiger partial charge < -0.3 is 4.98 Å². The largest absolute Gasteiger partial charge is 0.345 e. The van der Waals surface area contributed by atoms with Crippen molar-refractivity contribution in [1.29, 1.82) is 5.26 Å². The molecule has 0 atom stereocenters. The zero-order chi connectivity index (χ0) is 8.27. The van der Waals surface area contributed by atoms with Gasteiger partial charge in [-0.3, -0.25) is 0 Å². The highest BCUT2D eigenvalue weighted by Gasteiger charge is 2.02. The first-order valence-electron chi connectivity index (χ1n) is 3.69. The summed E-state index contributed by atoms with van der Waals surface area (Å²) in [6, 6.07) is 2.05. The first kappa shape index (κ1) is 7.80. The summed E-state index contributed by atoms with van der Waals surface area (Å²) in [6.45, 7) is 4.03. The Morgan fingerprint density at radius 1 is 1.64 bits per heavy atom. The molecule has 3 heteroatoms. The third-order valence-electron chi connectivity index (χ3n) is 1.62. The average Bonchev–Trinajstić information content (AvgIpc) is 2.32. The van der Waals surface area contributed by atoms with E-state index in [1.165, 1.54) is 0 Å². The van der Waals surface area contributed by atoms with Crippen molar-refractivity contribution >= 4 is 0 Å². The molecule has 11 heavy (non-hydrogen) atoms. The SMILES string of the molecule is CCc1nc(CC#N)[nH]c1C. The Bertz CT molecular complexity index is 280. The summed E-state index contributed by atoms with van der Waals surface area (Å²) in [5.41, 5.74) is 2.15. The van der Waals surface area contributed by atoms with Crippen molar-refractivity contribution in [2.75, 3.05) is 0 Å². The van der Waals surface area contributed by atoms with Crippen LogP contribution in [0.2, 0.25) is 0 Å². The fourth-order valence-electron chi connectivity index (χ4n) is 1.07. The second-order valence-corrected chi connectivity index (χ2v) is 2.44. The minimum absolute atomic E-state index is 0.376. The van der Waals surface area contributed by atoms with E-state index in [2.05, 4.69) is 23.0 Å². The van der Waals surface area contributed by atoms with Gasteiger partial charge >= 0.3 is 0 Å². The van der Waals surface area contributed by atoms with Crippen molar-refractivity contribution in [3.8, 4) is 6.07 Å². The summed E-state index contributed by atoms with van der Waals surface area (Å²) < 4.78 is 0. The van der Waals surface area contributed by atoms with Gasteiger partial charge in [0, 0.05) is 5.69 Å². The minimum Gasteiger partial charge on any atom is -0.345 e. The summed E-state index contributed by atoms with van der Waals surface area (Å²) in [5, 5.41) is 8.38. The number of H-pyrrole nitrogens is 1. The molecule has 1 aromatic rings. The molecule has 0 aliphatic heterocycles. The highest BCUT2D eigenvalue weighted by atomic mass is 14.9. The third-order valence-corrected chi connectivity index (χ3v) is 1.62. The maximum absolute atomic E-state index is 8.38. The number of aromatic amines is 1. The molecule has 0 saturated carbocycles. The molecule has 0 unspecified atom stereocenters. The van der Waals surface area contributed by atoms with Crippen molar-refractivity contribution in [3.05, 3.63) is 17.2 Å². The summed E-state index contributed by atoms with van der Waals surface area (Å²) in [7, 11) is 0. The van der Waals surface area contributed by atoms with Gasteiger partial charge in [0.15, 0.2) is 0 Å². The van der Waals surface area contributed by atoms with Crippen LogP contribution in [0.15, 0.2) is 0 Å². The lowest BCUT2D eigenvalue weighted by molar-refractivity contribution is 1.01. The zero-order valence-corrected chi connectivity index (χ0v) is 6.81. The van der Waals surface area contributed by atoms with Gasteiger partial charge in [-0.05, 0) is 13.3 Å². The molecule has 1 heterocycles. The number of hydrogen-bond acceptors (Lipinski definition) is 2. The number of aryl methyl sites for hydroxylation is 2. The first-order valence-corrected chi connectivity index (χ1v) is 3.69. The van der Waals surface area contributed by atoms with Gasteiger partial charge in [-0.2, -0.15) is 5.26 Å². The molecule has 0 bridgehead atoms. The summed E-state index contributed by atoms with van der Waals surface area (Å²) in [5.74, 6) is 0.779. The second-order valence-electron chi connectivity index (χ2n) is 2.44. The normalized spacial score (nSPS) is 9.55. The van der Waals surface area contributed by atoms with Crippen molar-refractivity contribution in [3.63, 3.8) is 0 Å². The molecule has 0 saturated heterocycles. The van der Waals surface area contributed by atoms with E-state index in [1.54, 1.807) is 0 Å². The Morgan fingerprint density at radius 3 is 2.82 bits per heavy atom. The van der Waals surface area contributed by atoms with Crippen molar-refractivity contribution in [2.24, 2.45) is 0 Å². The van der Waals surface area contributed by atoms with Gasteiger partial charge in [0.2, 0.25) is 0 Å². The van der Waals surface area contributed by atoms with Gasteiger partial charge in [-0.1, -0.05) is 6.92 Å². The van der Waals surface area contributed by atoms with E-state index in [0.717, 1.165) is 23.6 Å². The molecule has 0 aliphatic rings. The molecule has 1 aromatic heterocycles. The summed E-state index contributed by atoms with van der Waals surface area (Å²) >= 11 is 0. The van der Waals surface area contributed by atoms with E-state index in [-0.39, 0.29) is 0 Å². The van der Waals surface area contributed by atoms with E-state index in [0.29, 0.717) is 6.42 Å². The Morgan fingerprint density at radius 2 is 2.36 bits per heavy atom. The van der Waals surface area contributed by atoms with E-state index in [1.807, 2.05) is 6.92 Å². The van der Waals surface area contributed by atoms with Gasteiger partial charge in [0.1, 0.15) is 5.82 Å². The smallest absolute Gasteiger partial charge is 0.120 e. The molecule has 0 spiro atoms. The number of nitrogens with zero attached hydrogens (tertiary/aromatic N) is 2. The third kappa shape index (κ3) is 1.58. The lowest BCUT2D eigenvalue weighted by atomic mass is 10.3. The molecule has 0 aromatic carbocycles. The minimum atomic E-state index is 0.376. The zero-order valence-electron chi connectivity index (χ0n) is 6.81. The fraction of sp³-hybridized carbons (Fsp3) is 0.500. The van der Waals surface area contributed by atoms with Gasteiger partial charge in [0.05, 0.1) is 18.2 Å².